The van der Waals surface area contributed by atoms with E-state index in [1.807, 2.05) is 30.3 Å². The fourth-order valence-corrected chi connectivity index (χ4v) is 2.81. The van der Waals surface area contributed by atoms with Gasteiger partial charge in [-0.3, -0.25) is 4.79 Å². The first-order chi connectivity index (χ1) is 13.5. The van der Waals surface area contributed by atoms with E-state index in [-0.39, 0.29) is 11.3 Å². The molecule has 3 aromatic rings. The van der Waals surface area contributed by atoms with E-state index >= 15 is 0 Å². The van der Waals surface area contributed by atoms with E-state index in [1.165, 1.54) is 20.1 Å². The van der Waals surface area contributed by atoms with Crippen molar-refractivity contribution < 1.29 is 23.9 Å². The van der Waals surface area contributed by atoms with Crippen molar-refractivity contribution in [3.63, 3.8) is 0 Å². The third kappa shape index (κ3) is 3.99. The maximum absolute atomic E-state index is 12.5. The lowest BCUT2D eigenvalue weighted by Crippen LogP contribution is -2.12. The quantitative estimate of drug-likeness (QED) is 0.220. The third-order valence-electron chi connectivity index (χ3n) is 4.22. The van der Waals surface area contributed by atoms with Crippen LogP contribution in [-0.4, -0.2) is 24.8 Å². The summed E-state index contributed by atoms with van der Waals surface area (Å²) in [5.74, 6) is -1.48. The number of rotatable bonds is 5. The van der Waals surface area contributed by atoms with Crippen molar-refractivity contribution in [1.29, 1.82) is 0 Å². The molecule has 0 atom stereocenters. The zero-order valence-corrected chi connectivity index (χ0v) is 15.5. The molecule has 3 aromatic carbocycles. The average Bonchev–Trinajstić information content (AvgIpc) is 2.72. The van der Waals surface area contributed by atoms with E-state index in [4.69, 9.17) is 9.47 Å². The predicted molar refractivity (Wildman–Crippen MR) is 106 cm³/mol. The Morgan fingerprint density at radius 3 is 2.21 bits per heavy atom. The van der Waals surface area contributed by atoms with Crippen molar-refractivity contribution in [2.75, 3.05) is 7.11 Å². The minimum atomic E-state index is -0.749. The Kier molecular flexibility index (Phi) is 5.65. The molecule has 3 rings (SSSR count). The second-order valence-electron chi connectivity index (χ2n) is 6.06. The SMILES string of the molecule is COC(=O)/C(=C\c1c(OC(=O)c2ccccc2)ccc2ccccc12)C(C)=O. The van der Waals surface area contributed by atoms with Crippen molar-refractivity contribution in [1.82, 2.24) is 0 Å². The smallest absolute Gasteiger partial charge is 0.343 e. The van der Waals surface area contributed by atoms with Crippen LogP contribution in [0.5, 0.6) is 5.75 Å². The summed E-state index contributed by atoms with van der Waals surface area (Å²) in [6, 6.07) is 19.4. The summed E-state index contributed by atoms with van der Waals surface area (Å²) in [7, 11) is 1.21. The molecule has 5 nitrogen and oxygen atoms in total. The Labute approximate surface area is 162 Å². The Bertz CT molecular complexity index is 1080. The Hall–Kier alpha value is -3.73. The number of fused-ring (bicyclic) bond motifs is 1. The zero-order valence-electron chi connectivity index (χ0n) is 15.5. The molecule has 28 heavy (non-hydrogen) atoms. The molecular formula is C23H18O5. The second kappa shape index (κ2) is 8.31. The molecule has 0 N–H and O–H groups in total. The number of Topliss-reactive ketones (excluding diaryl/α,β-unsaturated/α-hetero) is 1. The largest absolute Gasteiger partial charge is 0.465 e. The highest BCUT2D eigenvalue weighted by molar-refractivity contribution is 6.20. The van der Waals surface area contributed by atoms with Crippen molar-refractivity contribution in [3.05, 3.63) is 83.4 Å². The van der Waals surface area contributed by atoms with Gasteiger partial charge in [-0.2, -0.15) is 0 Å². The van der Waals surface area contributed by atoms with Gasteiger partial charge in [0, 0.05) is 5.56 Å². The van der Waals surface area contributed by atoms with Crippen molar-refractivity contribution in [2.24, 2.45) is 0 Å². The van der Waals surface area contributed by atoms with Gasteiger partial charge < -0.3 is 9.47 Å². The van der Waals surface area contributed by atoms with Crippen molar-refractivity contribution >= 4 is 34.6 Å². The fraction of sp³-hybridized carbons (Fsp3) is 0.0870. The molecule has 0 aromatic heterocycles. The molecule has 0 amide bonds. The summed E-state index contributed by atoms with van der Waals surface area (Å²) in [5, 5.41) is 1.62. The summed E-state index contributed by atoms with van der Waals surface area (Å²) in [6.45, 7) is 1.28. The first kappa shape index (κ1) is 19.0. The van der Waals surface area contributed by atoms with Crippen LogP contribution in [0.4, 0.5) is 0 Å². The van der Waals surface area contributed by atoms with Gasteiger partial charge in [-0.15, -0.1) is 0 Å². The molecule has 0 bridgehead atoms. The van der Waals surface area contributed by atoms with Gasteiger partial charge >= 0.3 is 11.9 Å². The molecule has 0 heterocycles. The molecule has 0 radical (unpaired) electrons. The molecule has 0 saturated heterocycles. The normalized spacial score (nSPS) is 11.1. The fourth-order valence-electron chi connectivity index (χ4n) is 2.81. The molecular weight excluding hydrogens is 356 g/mol. The van der Waals surface area contributed by atoms with Crippen molar-refractivity contribution in [3.8, 4) is 5.75 Å². The molecule has 0 aliphatic rings. The molecule has 140 valence electrons. The van der Waals surface area contributed by atoms with E-state index in [1.54, 1.807) is 36.4 Å². The number of hydrogen-bond acceptors (Lipinski definition) is 5. The summed E-state index contributed by atoms with van der Waals surface area (Å²) in [5.41, 5.74) is 0.721. The number of carbonyl (C=O) groups is 3. The Morgan fingerprint density at radius 1 is 0.857 bits per heavy atom. The maximum atomic E-state index is 12.5. The number of carbonyl (C=O) groups excluding carboxylic acids is 3. The van der Waals surface area contributed by atoms with E-state index in [9.17, 15) is 14.4 Å². The summed E-state index contributed by atoms with van der Waals surface area (Å²) in [4.78, 5) is 36.5. The van der Waals surface area contributed by atoms with Gasteiger partial charge in [0.2, 0.25) is 0 Å². The van der Waals surface area contributed by atoms with Crippen LogP contribution in [0.25, 0.3) is 16.8 Å². The second-order valence-corrected chi connectivity index (χ2v) is 6.06. The van der Waals surface area contributed by atoms with Gasteiger partial charge in [-0.1, -0.05) is 48.5 Å². The highest BCUT2D eigenvalue weighted by Gasteiger charge is 2.19. The number of ether oxygens (including phenoxy) is 2. The highest BCUT2D eigenvalue weighted by Crippen LogP contribution is 2.31. The Morgan fingerprint density at radius 2 is 1.54 bits per heavy atom. The van der Waals surface area contributed by atoms with Gasteiger partial charge in [0.25, 0.3) is 0 Å². The number of ketones is 1. The summed E-state index contributed by atoms with van der Waals surface area (Å²) >= 11 is 0. The number of hydrogen-bond donors (Lipinski definition) is 0. The van der Waals surface area contributed by atoms with Crippen LogP contribution in [0, 0.1) is 0 Å². The summed E-state index contributed by atoms with van der Waals surface area (Å²) in [6.07, 6.45) is 1.41. The minimum Gasteiger partial charge on any atom is -0.465 e. The molecule has 5 heteroatoms. The first-order valence-electron chi connectivity index (χ1n) is 8.61. The van der Waals surface area contributed by atoms with Gasteiger partial charge in [-0.25, -0.2) is 9.59 Å². The van der Waals surface area contributed by atoms with Crippen LogP contribution < -0.4 is 4.74 Å². The van der Waals surface area contributed by atoms with Gasteiger partial charge in [0.05, 0.1) is 12.7 Å². The van der Waals surface area contributed by atoms with Gasteiger partial charge in [0.15, 0.2) is 5.78 Å². The molecule has 0 aliphatic carbocycles. The summed E-state index contributed by atoms with van der Waals surface area (Å²) < 4.78 is 10.3. The van der Waals surface area contributed by atoms with Gasteiger partial charge in [-0.05, 0) is 42.0 Å². The molecule has 0 unspecified atom stereocenters. The lowest BCUT2D eigenvalue weighted by molar-refractivity contribution is -0.137. The lowest BCUT2D eigenvalue weighted by Gasteiger charge is -2.12. The van der Waals surface area contributed by atoms with Crippen LogP contribution in [0.2, 0.25) is 0 Å². The minimum absolute atomic E-state index is 0.129. The number of methoxy groups -OCH3 is 1. The monoisotopic (exact) mass is 374 g/mol. The van der Waals surface area contributed by atoms with E-state index < -0.39 is 17.7 Å². The molecule has 0 saturated carbocycles. The van der Waals surface area contributed by atoms with E-state index in [0.717, 1.165) is 10.8 Å². The van der Waals surface area contributed by atoms with Crippen molar-refractivity contribution in [2.45, 2.75) is 6.92 Å². The number of benzene rings is 3. The zero-order chi connectivity index (χ0) is 20.1. The average molecular weight is 374 g/mol. The van der Waals surface area contributed by atoms with E-state index in [2.05, 4.69) is 0 Å². The van der Waals surface area contributed by atoms with Crippen LogP contribution in [0.1, 0.15) is 22.8 Å². The third-order valence-corrected chi connectivity index (χ3v) is 4.22. The topological polar surface area (TPSA) is 69.7 Å². The molecule has 0 spiro atoms. The van der Waals surface area contributed by atoms with Crippen LogP contribution in [0.3, 0.4) is 0 Å². The van der Waals surface area contributed by atoms with Crippen LogP contribution >= 0.6 is 0 Å². The molecule has 0 fully saturated rings. The Balaban J connectivity index is 2.15. The van der Waals surface area contributed by atoms with Crippen LogP contribution in [-0.2, 0) is 14.3 Å². The maximum Gasteiger partial charge on any atom is 0.343 e. The standard InChI is InChI=1S/C23H18O5/c1-15(24)19(23(26)27-2)14-20-18-11-7-6-8-16(18)12-13-21(20)28-22(25)17-9-4-3-5-10-17/h3-14H,1-2H3/b19-14-. The highest BCUT2D eigenvalue weighted by atomic mass is 16.5. The predicted octanol–water partition coefficient (Wildman–Crippen LogP) is 4.20. The van der Waals surface area contributed by atoms with E-state index in [0.29, 0.717) is 11.1 Å². The number of esters is 2. The molecule has 0 aliphatic heterocycles. The lowest BCUT2D eigenvalue weighted by atomic mass is 10.00. The van der Waals surface area contributed by atoms with Gasteiger partial charge in [0.1, 0.15) is 11.3 Å². The first-order valence-corrected chi connectivity index (χ1v) is 8.61. The van der Waals surface area contributed by atoms with Crippen LogP contribution in [0.15, 0.2) is 72.3 Å².